The van der Waals surface area contributed by atoms with Crippen molar-refractivity contribution in [3.05, 3.63) is 70.2 Å². The molecular formula is C20H18ClNO3. The highest BCUT2D eigenvalue weighted by atomic mass is 35.5. The lowest BCUT2D eigenvalue weighted by Gasteiger charge is -2.39. The number of likely N-dealkylation sites (tertiary alicyclic amines) is 1. The van der Waals surface area contributed by atoms with Crippen LogP contribution in [0.5, 0.6) is 0 Å². The van der Waals surface area contributed by atoms with Gasteiger partial charge in [0.05, 0.1) is 18.5 Å². The van der Waals surface area contributed by atoms with E-state index in [0.29, 0.717) is 30.1 Å². The van der Waals surface area contributed by atoms with Crippen LogP contribution in [0.3, 0.4) is 0 Å². The van der Waals surface area contributed by atoms with Gasteiger partial charge in [-0.2, -0.15) is 0 Å². The Bertz CT molecular complexity index is 833. The minimum Gasteiger partial charge on any atom is -0.449 e. The number of amides is 1. The van der Waals surface area contributed by atoms with E-state index in [1.54, 1.807) is 18.2 Å². The average Bonchev–Trinajstić information content (AvgIpc) is 2.89. The van der Waals surface area contributed by atoms with Gasteiger partial charge in [0.15, 0.2) is 5.60 Å². The molecule has 128 valence electrons. The SMILES string of the molecule is O=C1OC2(CCCN(C(=O)Cc3ccc(Cl)cc3)C2)c2ccccc21. The zero-order valence-corrected chi connectivity index (χ0v) is 14.5. The van der Waals surface area contributed by atoms with Crippen LogP contribution < -0.4 is 0 Å². The molecular weight excluding hydrogens is 338 g/mol. The molecule has 0 bridgehead atoms. The summed E-state index contributed by atoms with van der Waals surface area (Å²) in [6, 6.07) is 14.8. The molecule has 4 rings (SSSR count). The number of benzene rings is 2. The second-order valence-corrected chi connectivity index (χ2v) is 7.09. The first kappa shape index (κ1) is 16.2. The first-order chi connectivity index (χ1) is 12.1. The van der Waals surface area contributed by atoms with Crippen LogP contribution in [0.1, 0.15) is 34.3 Å². The summed E-state index contributed by atoms with van der Waals surface area (Å²) < 4.78 is 5.76. The molecule has 2 aromatic carbocycles. The summed E-state index contributed by atoms with van der Waals surface area (Å²) in [7, 11) is 0. The van der Waals surface area contributed by atoms with Crippen molar-refractivity contribution < 1.29 is 14.3 Å². The minimum atomic E-state index is -0.693. The third-order valence-corrected chi connectivity index (χ3v) is 5.25. The lowest BCUT2D eigenvalue weighted by molar-refractivity contribution is -0.138. The molecule has 1 saturated heterocycles. The monoisotopic (exact) mass is 355 g/mol. The van der Waals surface area contributed by atoms with Crippen LogP contribution in [0, 0.1) is 0 Å². The van der Waals surface area contributed by atoms with Crippen LogP contribution >= 0.6 is 11.6 Å². The van der Waals surface area contributed by atoms with Crippen LogP contribution in [0.4, 0.5) is 0 Å². The number of esters is 1. The van der Waals surface area contributed by atoms with Gasteiger partial charge < -0.3 is 9.64 Å². The van der Waals surface area contributed by atoms with Gasteiger partial charge in [-0.25, -0.2) is 4.79 Å². The van der Waals surface area contributed by atoms with E-state index in [9.17, 15) is 9.59 Å². The summed E-state index contributed by atoms with van der Waals surface area (Å²) in [5, 5.41) is 0.655. The number of nitrogens with zero attached hydrogens (tertiary/aromatic N) is 1. The molecule has 2 heterocycles. The number of ether oxygens (including phenoxy) is 1. The quantitative estimate of drug-likeness (QED) is 0.774. The van der Waals surface area contributed by atoms with Gasteiger partial charge in [-0.05, 0) is 36.6 Å². The van der Waals surface area contributed by atoms with Crippen molar-refractivity contribution in [2.75, 3.05) is 13.1 Å². The van der Waals surface area contributed by atoms with Gasteiger partial charge in [-0.3, -0.25) is 4.79 Å². The molecule has 2 aliphatic rings. The van der Waals surface area contributed by atoms with Gasteiger partial charge >= 0.3 is 5.97 Å². The van der Waals surface area contributed by atoms with E-state index in [-0.39, 0.29) is 11.9 Å². The minimum absolute atomic E-state index is 0.0434. The van der Waals surface area contributed by atoms with Crippen LogP contribution in [-0.2, 0) is 21.6 Å². The summed E-state index contributed by atoms with van der Waals surface area (Å²) in [5.41, 5.74) is 1.76. The molecule has 1 fully saturated rings. The Labute approximate surface area is 151 Å². The predicted molar refractivity (Wildman–Crippen MR) is 94.5 cm³/mol. The van der Waals surface area contributed by atoms with Crippen molar-refractivity contribution in [2.24, 2.45) is 0 Å². The number of halogens is 1. The number of hydrogen-bond acceptors (Lipinski definition) is 3. The maximum absolute atomic E-state index is 12.7. The summed E-state index contributed by atoms with van der Waals surface area (Å²) in [6.45, 7) is 1.11. The highest BCUT2D eigenvalue weighted by molar-refractivity contribution is 6.30. The van der Waals surface area contributed by atoms with E-state index < -0.39 is 5.60 Å². The summed E-state index contributed by atoms with van der Waals surface area (Å²) >= 11 is 5.90. The molecule has 1 unspecified atom stereocenters. The highest BCUT2D eigenvalue weighted by Gasteiger charge is 2.48. The Hall–Kier alpha value is -2.33. The number of hydrogen-bond donors (Lipinski definition) is 0. The van der Waals surface area contributed by atoms with Crippen LogP contribution in [0.2, 0.25) is 5.02 Å². The topological polar surface area (TPSA) is 46.6 Å². The summed E-state index contributed by atoms with van der Waals surface area (Å²) in [6.07, 6.45) is 1.89. The van der Waals surface area contributed by atoms with Gasteiger partial charge in [0, 0.05) is 17.1 Å². The molecule has 1 atom stereocenters. The van der Waals surface area contributed by atoms with Crippen molar-refractivity contribution in [1.82, 2.24) is 4.90 Å². The van der Waals surface area contributed by atoms with Gasteiger partial charge in [0.2, 0.25) is 5.91 Å². The molecule has 0 saturated carbocycles. The number of rotatable bonds is 2. The second kappa shape index (κ2) is 6.19. The fraction of sp³-hybridized carbons (Fsp3) is 0.300. The van der Waals surface area contributed by atoms with Crippen LogP contribution in [0.25, 0.3) is 0 Å². The van der Waals surface area contributed by atoms with Crippen molar-refractivity contribution in [3.8, 4) is 0 Å². The fourth-order valence-electron chi connectivity index (χ4n) is 3.77. The molecule has 1 amide bonds. The Morgan fingerprint density at radius 3 is 2.72 bits per heavy atom. The Balaban J connectivity index is 1.54. The first-order valence-electron chi connectivity index (χ1n) is 8.42. The summed E-state index contributed by atoms with van der Waals surface area (Å²) in [4.78, 5) is 26.8. The van der Waals surface area contributed by atoms with E-state index in [2.05, 4.69) is 0 Å². The van der Waals surface area contributed by atoms with E-state index >= 15 is 0 Å². The highest BCUT2D eigenvalue weighted by Crippen LogP contribution is 2.42. The van der Waals surface area contributed by atoms with E-state index in [4.69, 9.17) is 16.3 Å². The van der Waals surface area contributed by atoms with Crippen molar-refractivity contribution in [3.63, 3.8) is 0 Å². The number of piperidine rings is 1. The molecule has 4 nitrogen and oxygen atoms in total. The fourth-order valence-corrected chi connectivity index (χ4v) is 3.90. The predicted octanol–water partition coefficient (Wildman–Crippen LogP) is 3.57. The maximum atomic E-state index is 12.7. The molecule has 25 heavy (non-hydrogen) atoms. The Morgan fingerprint density at radius 2 is 1.92 bits per heavy atom. The van der Waals surface area contributed by atoms with Crippen molar-refractivity contribution in [1.29, 1.82) is 0 Å². The average molecular weight is 356 g/mol. The van der Waals surface area contributed by atoms with E-state index in [1.807, 2.05) is 35.2 Å². The third-order valence-electron chi connectivity index (χ3n) is 5.00. The van der Waals surface area contributed by atoms with Crippen LogP contribution in [0.15, 0.2) is 48.5 Å². The van der Waals surface area contributed by atoms with Gasteiger partial charge in [-0.15, -0.1) is 0 Å². The lowest BCUT2D eigenvalue weighted by Crippen LogP contribution is -2.49. The lowest BCUT2D eigenvalue weighted by atomic mass is 9.85. The molecule has 2 aromatic rings. The molecule has 0 radical (unpaired) electrons. The Kier molecular flexibility index (Phi) is 4.00. The zero-order chi connectivity index (χ0) is 17.4. The molecule has 2 aliphatic heterocycles. The van der Waals surface area contributed by atoms with Gasteiger partial charge in [-0.1, -0.05) is 41.9 Å². The second-order valence-electron chi connectivity index (χ2n) is 6.65. The molecule has 0 N–H and O–H groups in total. The van der Waals surface area contributed by atoms with Crippen LogP contribution in [-0.4, -0.2) is 29.9 Å². The molecule has 1 spiro atoms. The molecule has 0 aliphatic carbocycles. The third kappa shape index (κ3) is 2.91. The van der Waals surface area contributed by atoms with Crippen molar-refractivity contribution >= 4 is 23.5 Å². The van der Waals surface area contributed by atoms with Gasteiger partial charge in [0.25, 0.3) is 0 Å². The maximum Gasteiger partial charge on any atom is 0.339 e. The van der Waals surface area contributed by atoms with E-state index in [0.717, 1.165) is 24.0 Å². The smallest absolute Gasteiger partial charge is 0.339 e. The molecule has 0 aromatic heterocycles. The van der Waals surface area contributed by atoms with Crippen molar-refractivity contribution in [2.45, 2.75) is 24.9 Å². The number of carbonyl (C=O) groups excluding carboxylic acids is 2. The number of fused-ring (bicyclic) bond motifs is 2. The van der Waals surface area contributed by atoms with Gasteiger partial charge in [0.1, 0.15) is 0 Å². The van der Waals surface area contributed by atoms with E-state index in [1.165, 1.54) is 0 Å². The summed E-state index contributed by atoms with van der Waals surface area (Å²) in [5.74, 6) is -0.246. The molecule has 5 heteroatoms. The Morgan fingerprint density at radius 1 is 1.16 bits per heavy atom. The number of carbonyl (C=O) groups is 2. The zero-order valence-electron chi connectivity index (χ0n) is 13.7. The standard InChI is InChI=1S/C20H18ClNO3/c21-15-8-6-14(7-9-15)12-18(23)22-11-3-10-20(13-22)17-5-2-1-4-16(17)19(24)25-20/h1-2,4-9H,3,10-13H2. The normalized spacial score (nSPS) is 22.0. The first-order valence-corrected chi connectivity index (χ1v) is 8.80. The largest absolute Gasteiger partial charge is 0.449 e.